The molecule has 1 aromatic carbocycles. The first-order chi connectivity index (χ1) is 12.8. The number of urea groups is 1. The summed E-state index contributed by atoms with van der Waals surface area (Å²) < 4.78 is 4.87. The fourth-order valence-corrected chi connectivity index (χ4v) is 3.21. The number of amides is 4. The molecule has 144 valence electrons. The van der Waals surface area contributed by atoms with Crippen LogP contribution in [0.4, 0.5) is 4.79 Å². The highest BCUT2D eigenvalue weighted by atomic mass is 35.5. The van der Waals surface area contributed by atoms with Crippen LogP contribution < -0.4 is 10.6 Å². The minimum atomic E-state index is -0.955. The van der Waals surface area contributed by atoms with Gasteiger partial charge in [0, 0.05) is 11.6 Å². The maximum absolute atomic E-state index is 12.4. The van der Waals surface area contributed by atoms with Crippen LogP contribution >= 0.6 is 11.6 Å². The van der Waals surface area contributed by atoms with Crippen LogP contribution in [0, 0.1) is 5.92 Å². The van der Waals surface area contributed by atoms with Crippen molar-refractivity contribution in [1.29, 1.82) is 0 Å². The normalized spacial score (nSPS) is 21.8. The van der Waals surface area contributed by atoms with Gasteiger partial charge < -0.3 is 15.4 Å². The molecule has 1 saturated carbocycles. The van der Waals surface area contributed by atoms with E-state index in [9.17, 15) is 19.2 Å². The predicted octanol–water partition coefficient (Wildman–Crippen LogP) is 1.22. The fourth-order valence-electron chi connectivity index (χ4n) is 3.00. The van der Waals surface area contributed by atoms with E-state index in [4.69, 9.17) is 16.3 Å². The average molecular weight is 394 g/mol. The zero-order valence-electron chi connectivity index (χ0n) is 14.8. The third-order valence-electron chi connectivity index (χ3n) is 4.78. The molecule has 1 aromatic rings. The Kier molecular flexibility index (Phi) is 5.36. The maximum Gasteiger partial charge on any atom is 0.326 e. The molecule has 4 amide bonds. The molecule has 0 radical (unpaired) electrons. The van der Waals surface area contributed by atoms with Gasteiger partial charge in [0.2, 0.25) is 0 Å². The van der Waals surface area contributed by atoms with Crippen LogP contribution in [0.2, 0.25) is 5.02 Å². The van der Waals surface area contributed by atoms with Crippen molar-refractivity contribution in [3.63, 3.8) is 0 Å². The summed E-state index contributed by atoms with van der Waals surface area (Å²) in [7, 11) is 0. The van der Waals surface area contributed by atoms with E-state index in [1.807, 2.05) is 0 Å². The second-order valence-electron chi connectivity index (χ2n) is 6.83. The lowest BCUT2D eigenvalue weighted by Crippen LogP contribution is -2.46. The van der Waals surface area contributed by atoms with Crippen molar-refractivity contribution in [3.8, 4) is 0 Å². The van der Waals surface area contributed by atoms with Crippen LogP contribution in [0.3, 0.4) is 0 Å². The number of hydrogen-bond acceptors (Lipinski definition) is 5. The lowest BCUT2D eigenvalue weighted by molar-refractivity contribution is -0.151. The highest BCUT2D eigenvalue weighted by molar-refractivity contribution is 6.31. The maximum atomic E-state index is 12.4. The van der Waals surface area contributed by atoms with E-state index in [1.165, 1.54) is 0 Å². The monoisotopic (exact) mass is 393 g/mol. The molecule has 0 bridgehead atoms. The van der Waals surface area contributed by atoms with Crippen LogP contribution in [-0.4, -0.2) is 47.4 Å². The second kappa shape index (κ2) is 7.56. The first kappa shape index (κ1) is 19.2. The number of hydrogen-bond donors (Lipinski definition) is 2. The Morgan fingerprint density at radius 1 is 1.33 bits per heavy atom. The third kappa shape index (κ3) is 4.21. The largest absolute Gasteiger partial charge is 0.454 e. The van der Waals surface area contributed by atoms with Gasteiger partial charge in [-0.3, -0.25) is 19.3 Å². The summed E-state index contributed by atoms with van der Waals surface area (Å²) in [5.74, 6) is -1.67. The Labute approximate surface area is 161 Å². The molecule has 2 fully saturated rings. The van der Waals surface area contributed by atoms with E-state index in [2.05, 4.69) is 10.6 Å². The molecule has 2 N–H and O–H groups in total. The first-order valence-electron chi connectivity index (χ1n) is 8.61. The van der Waals surface area contributed by atoms with Crippen LogP contribution in [0.5, 0.6) is 0 Å². The summed E-state index contributed by atoms with van der Waals surface area (Å²) in [6.45, 7) is 0.832. The van der Waals surface area contributed by atoms with Gasteiger partial charge in [0.05, 0.1) is 0 Å². The Morgan fingerprint density at radius 3 is 2.70 bits per heavy atom. The van der Waals surface area contributed by atoms with E-state index >= 15 is 0 Å². The summed E-state index contributed by atoms with van der Waals surface area (Å²) in [5, 5.41) is 5.75. The molecule has 1 saturated heterocycles. The third-order valence-corrected chi connectivity index (χ3v) is 5.15. The SMILES string of the molecule is C[C@]1(C2CC2)NC(=O)N(CC(=O)OCC(=O)NCc2ccccc2Cl)C1=O. The quantitative estimate of drug-likeness (QED) is 0.535. The number of rotatable bonds is 7. The number of halogens is 1. The zero-order valence-corrected chi connectivity index (χ0v) is 15.5. The molecule has 1 atom stereocenters. The van der Waals surface area contributed by atoms with Crippen molar-refractivity contribution in [1.82, 2.24) is 15.5 Å². The van der Waals surface area contributed by atoms with Gasteiger partial charge in [-0.15, -0.1) is 0 Å². The first-order valence-corrected chi connectivity index (χ1v) is 8.99. The van der Waals surface area contributed by atoms with Crippen LogP contribution in [0.25, 0.3) is 0 Å². The fraction of sp³-hybridized carbons (Fsp3) is 0.444. The molecule has 0 aromatic heterocycles. The highest BCUT2D eigenvalue weighted by Crippen LogP contribution is 2.42. The van der Waals surface area contributed by atoms with E-state index in [0.717, 1.165) is 23.3 Å². The molecule has 0 spiro atoms. The standard InChI is InChI=1S/C18H20ClN3O5/c1-18(12-6-7-12)16(25)22(17(26)21-18)9-15(24)27-10-14(23)20-8-11-4-2-3-5-13(11)19/h2-5,12H,6-10H2,1H3,(H,20,23)(H,21,26)/t18-/m1/s1. The molecular weight excluding hydrogens is 374 g/mol. The van der Waals surface area contributed by atoms with Crippen molar-refractivity contribution in [2.45, 2.75) is 31.8 Å². The summed E-state index contributed by atoms with van der Waals surface area (Å²) >= 11 is 6.00. The molecule has 9 heteroatoms. The Balaban J connectivity index is 1.44. The molecule has 27 heavy (non-hydrogen) atoms. The van der Waals surface area contributed by atoms with Gasteiger partial charge in [-0.2, -0.15) is 0 Å². The summed E-state index contributed by atoms with van der Waals surface area (Å²) in [6, 6.07) is 6.43. The Bertz CT molecular complexity index is 795. The van der Waals surface area contributed by atoms with Crippen LogP contribution in [-0.2, 0) is 25.7 Å². The summed E-state index contributed by atoms with van der Waals surface area (Å²) in [4.78, 5) is 49.0. The molecular formula is C18H20ClN3O5. The molecule has 1 aliphatic carbocycles. The van der Waals surface area contributed by atoms with Crippen molar-refractivity contribution < 1.29 is 23.9 Å². The number of imide groups is 1. The number of nitrogens with zero attached hydrogens (tertiary/aromatic N) is 1. The number of benzene rings is 1. The number of esters is 1. The minimum absolute atomic E-state index is 0.102. The van der Waals surface area contributed by atoms with Gasteiger partial charge in [-0.05, 0) is 37.3 Å². The molecule has 2 aliphatic rings. The van der Waals surface area contributed by atoms with Gasteiger partial charge >= 0.3 is 12.0 Å². The summed E-state index contributed by atoms with van der Waals surface area (Å²) in [5.41, 5.74) is -0.221. The minimum Gasteiger partial charge on any atom is -0.454 e. The van der Waals surface area contributed by atoms with Crippen molar-refractivity contribution in [3.05, 3.63) is 34.9 Å². The topological polar surface area (TPSA) is 105 Å². The van der Waals surface area contributed by atoms with Gasteiger partial charge in [0.25, 0.3) is 11.8 Å². The Hall–Kier alpha value is -2.61. The summed E-state index contributed by atoms with van der Waals surface area (Å²) in [6.07, 6.45) is 1.73. The number of carbonyl (C=O) groups is 4. The van der Waals surface area contributed by atoms with E-state index in [-0.39, 0.29) is 12.5 Å². The number of ether oxygens (including phenoxy) is 1. The van der Waals surface area contributed by atoms with Gasteiger partial charge in [0.15, 0.2) is 6.61 Å². The lowest BCUT2D eigenvalue weighted by Gasteiger charge is -2.20. The van der Waals surface area contributed by atoms with Gasteiger partial charge in [0.1, 0.15) is 12.1 Å². The van der Waals surface area contributed by atoms with Crippen LogP contribution in [0.1, 0.15) is 25.3 Å². The van der Waals surface area contributed by atoms with Gasteiger partial charge in [-0.25, -0.2) is 4.79 Å². The van der Waals surface area contributed by atoms with E-state index in [1.54, 1.807) is 31.2 Å². The van der Waals surface area contributed by atoms with Gasteiger partial charge in [-0.1, -0.05) is 29.8 Å². The molecule has 3 rings (SSSR count). The van der Waals surface area contributed by atoms with Crippen LogP contribution in [0.15, 0.2) is 24.3 Å². The average Bonchev–Trinajstić information content (AvgIpc) is 3.45. The molecule has 1 heterocycles. The van der Waals surface area contributed by atoms with Crippen molar-refractivity contribution >= 4 is 35.4 Å². The van der Waals surface area contributed by atoms with E-state index in [0.29, 0.717) is 5.02 Å². The highest BCUT2D eigenvalue weighted by Gasteiger charge is 2.56. The Morgan fingerprint density at radius 2 is 2.04 bits per heavy atom. The lowest BCUT2D eigenvalue weighted by atomic mass is 9.96. The second-order valence-corrected chi connectivity index (χ2v) is 7.23. The predicted molar refractivity (Wildman–Crippen MR) is 95.6 cm³/mol. The number of carbonyl (C=O) groups excluding carboxylic acids is 4. The number of nitrogens with one attached hydrogen (secondary N) is 2. The van der Waals surface area contributed by atoms with E-state index < -0.39 is 42.5 Å². The van der Waals surface area contributed by atoms with Crippen molar-refractivity contribution in [2.24, 2.45) is 5.92 Å². The molecule has 0 unspecified atom stereocenters. The zero-order chi connectivity index (χ0) is 19.6. The molecule has 1 aliphatic heterocycles. The smallest absolute Gasteiger partial charge is 0.326 e. The molecule has 8 nitrogen and oxygen atoms in total. The van der Waals surface area contributed by atoms with Crippen molar-refractivity contribution in [2.75, 3.05) is 13.2 Å².